The van der Waals surface area contributed by atoms with Gasteiger partial charge in [0, 0.05) is 12.0 Å². The highest BCUT2D eigenvalue weighted by Crippen LogP contribution is 2.11. The monoisotopic (exact) mass is 241 g/mol. The number of hydrogen-bond acceptors (Lipinski definition) is 3. The minimum Gasteiger partial charge on any atom is -0.497 e. The van der Waals surface area contributed by atoms with Crippen molar-refractivity contribution in [2.45, 2.75) is 13.5 Å². The van der Waals surface area contributed by atoms with Crippen LogP contribution in [0.15, 0.2) is 35.7 Å². The highest BCUT2D eigenvalue weighted by Gasteiger charge is 2.03. The molecule has 0 heterocycles. The molecule has 0 aliphatic heterocycles. The summed E-state index contributed by atoms with van der Waals surface area (Å²) in [5, 5.41) is 1.14. The lowest BCUT2D eigenvalue weighted by Gasteiger charge is -2.04. The van der Waals surface area contributed by atoms with E-state index in [1.165, 1.54) is 6.08 Å². The molecule has 0 atom stereocenters. The third-order valence-electron chi connectivity index (χ3n) is 1.95. The number of sulfonamides is 1. The first kappa shape index (κ1) is 12.7. The van der Waals surface area contributed by atoms with Crippen LogP contribution in [-0.2, 0) is 16.6 Å². The first-order valence-corrected chi connectivity index (χ1v) is 6.37. The first-order valence-electron chi connectivity index (χ1n) is 4.82. The average molecular weight is 241 g/mol. The van der Waals surface area contributed by atoms with Crippen molar-refractivity contribution in [3.8, 4) is 5.75 Å². The predicted molar refractivity (Wildman–Crippen MR) is 63.6 cm³/mol. The summed E-state index contributed by atoms with van der Waals surface area (Å²) in [6.45, 7) is 1.93. The SMILES string of the molecule is CC=CS(=O)(=O)NCc1ccc(OC)cc1. The van der Waals surface area contributed by atoms with Gasteiger partial charge in [-0.3, -0.25) is 0 Å². The first-order chi connectivity index (χ1) is 7.57. The van der Waals surface area contributed by atoms with E-state index in [0.717, 1.165) is 16.7 Å². The molecular formula is C11H15NO3S. The summed E-state index contributed by atoms with van der Waals surface area (Å²) in [5.74, 6) is 0.750. The molecule has 1 N–H and O–H groups in total. The Morgan fingerprint density at radius 2 is 1.94 bits per heavy atom. The highest BCUT2D eigenvalue weighted by atomic mass is 32.2. The van der Waals surface area contributed by atoms with E-state index in [1.807, 2.05) is 12.1 Å². The second-order valence-electron chi connectivity index (χ2n) is 3.18. The van der Waals surface area contributed by atoms with E-state index < -0.39 is 10.0 Å². The number of allylic oxidation sites excluding steroid dienone is 1. The number of hydrogen-bond donors (Lipinski definition) is 1. The van der Waals surface area contributed by atoms with Gasteiger partial charge in [-0.1, -0.05) is 18.2 Å². The molecule has 0 aliphatic carbocycles. The number of methoxy groups -OCH3 is 1. The lowest BCUT2D eigenvalue weighted by atomic mass is 10.2. The molecule has 0 amide bonds. The van der Waals surface area contributed by atoms with Crippen LogP contribution in [0, 0.1) is 0 Å². The normalized spacial score (nSPS) is 11.9. The zero-order valence-corrected chi connectivity index (χ0v) is 10.1. The summed E-state index contributed by atoms with van der Waals surface area (Å²) in [7, 11) is -1.72. The number of ether oxygens (including phenoxy) is 1. The minimum atomic E-state index is -3.31. The van der Waals surface area contributed by atoms with E-state index in [9.17, 15) is 8.42 Å². The topological polar surface area (TPSA) is 55.4 Å². The maximum Gasteiger partial charge on any atom is 0.233 e. The standard InChI is InChI=1S/C11H15NO3S/c1-3-8-16(13,14)12-9-10-4-6-11(15-2)7-5-10/h3-8,12H,9H2,1-2H3. The summed E-state index contributed by atoms with van der Waals surface area (Å²) >= 11 is 0. The number of benzene rings is 1. The van der Waals surface area contributed by atoms with Gasteiger partial charge in [0.25, 0.3) is 0 Å². The molecule has 0 saturated heterocycles. The molecule has 16 heavy (non-hydrogen) atoms. The summed E-state index contributed by atoms with van der Waals surface area (Å²) in [6.07, 6.45) is 1.48. The molecule has 4 nitrogen and oxygen atoms in total. The molecule has 1 aromatic carbocycles. The fraction of sp³-hybridized carbons (Fsp3) is 0.273. The summed E-state index contributed by atoms with van der Waals surface area (Å²) in [5.41, 5.74) is 0.883. The largest absolute Gasteiger partial charge is 0.497 e. The lowest BCUT2D eigenvalue weighted by Crippen LogP contribution is -2.20. The molecule has 0 unspecified atom stereocenters. The van der Waals surface area contributed by atoms with Gasteiger partial charge in [0.05, 0.1) is 7.11 Å². The predicted octanol–water partition coefficient (Wildman–Crippen LogP) is 1.65. The maximum absolute atomic E-state index is 11.3. The van der Waals surface area contributed by atoms with Crippen molar-refractivity contribution in [3.63, 3.8) is 0 Å². The van der Waals surface area contributed by atoms with Crippen LogP contribution in [0.3, 0.4) is 0 Å². The van der Waals surface area contributed by atoms with Gasteiger partial charge in [-0.15, -0.1) is 0 Å². The summed E-state index contributed by atoms with van der Waals surface area (Å²) < 4.78 is 30.1. The van der Waals surface area contributed by atoms with Crippen LogP contribution < -0.4 is 9.46 Å². The number of rotatable bonds is 5. The Hall–Kier alpha value is -1.33. The fourth-order valence-electron chi connectivity index (χ4n) is 1.15. The second kappa shape index (κ2) is 5.67. The highest BCUT2D eigenvalue weighted by molar-refractivity contribution is 7.92. The second-order valence-corrected chi connectivity index (χ2v) is 4.83. The average Bonchev–Trinajstić information content (AvgIpc) is 2.27. The molecule has 0 saturated carbocycles. The van der Waals surface area contributed by atoms with Gasteiger partial charge >= 0.3 is 0 Å². The molecule has 0 aliphatic rings. The number of nitrogens with one attached hydrogen (secondary N) is 1. The zero-order chi connectivity index (χ0) is 12.0. The lowest BCUT2D eigenvalue weighted by molar-refractivity contribution is 0.414. The fourth-order valence-corrected chi connectivity index (χ4v) is 1.98. The van der Waals surface area contributed by atoms with Crippen molar-refractivity contribution in [3.05, 3.63) is 41.3 Å². The van der Waals surface area contributed by atoms with Crippen LogP contribution >= 0.6 is 0 Å². The van der Waals surface area contributed by atoms with Gasteiger partial charge in [0.1, 0.15) is 5.75 Å². The van der Waals surface area contributed by atoms with Crippen molar-refractivity contribution in [1.82, 2.24) is 4.72 Å². The molecule has 5 heteroatoms. The molecule has 0 bridgehead atoms. The van der Waals surface area contributed by atoms with Gasteiger partial charge in [0.15, 0.2) is 0 Å². The quantitative estimate of drug-likeness (QED) is 0.852. The van der Waals surface area contributed by atoms with Crippen molar-refractivity contribution in [1.29, 1.82) is 0 Å². The molecule has 0 radical (unpaired) electrons. The molecule has 1 aromatic rings. The molecule has 0 spiro atoms. The van der Waals surface area contributed by atoms with E-state index in [-0.39, 0.29) is 6.54 Å². The smallest absolute Gasteiger partial charge is 0.233 e. The van der Waals surface area contributed by atoms with E-state index in [4.69, 9.17) is 4.74 Å². The van der Waals surface area contributed by atoms with Gasteiger partial charge in [-0.2, -0.15) is 0 Å². The van der Waals surface area contributed by atoms with Crippen molar-refractivity contribution >= 4 is 10.0 Å². The summed E-state index contributed by atoms with van der Waals surface area (Å²) in [4.78, 5) is 0. The molecule has 88 valence electrons. The summed E-state index contributed by atoms with van der Waals surface area (Å²) in [6, 6.07) is 7.21. The van der Waals surface area contributed by atoms with E-state index in [2.05, 4.69) is 4.72 Å². The van der Waals surface area contributed by atoms with Crippen molar-refractivity contribution in [2.75, 3.05) is 7.11 Å². The van der Waals surface area contributed by atoms with E-state index in [0.29, 0.717) is 0 Å². The van der Waals surface area contributed by atoms with Gasteiger partial charge < -0.3 is 4.74 Å². The Kier molecular flexibility index (Phi) is 4.52. The maximum atomic E-state index is 11.3. The van der Waals surface area contributed by atoms with Crippen LogP contribution in [-0.4, -0.2) is 15.5 Å². The molecule has 0 aromatic heterocycles. The van der Waals surface area contributed by atoms with Gasteiger partial charge in [0.2, 0.25) is 10.0 Å². The Labute approximate surface area is 96.0 Å². The van der Waals surface area contributed by atoms with Crippen LogP contribution in [0.25, 0.3) is 0 Å². The van der Waals surface area contributed by atoms with Gasteiger partial charge in [-0.25, -0.2) is 13.1 Å². The van der Waals surface area contributed by atoms with E-state index >= 15 is 0 Å². The molecular weight excluding hydrogens is 226 g/mol. The van der Waals surface area contributed by atoms with Crippen LogP contribution in [0.1, 0.15) is 12.5 Å². The Morgan fingerprint density at radius 1 is 1.31 bits per heavy atom. The van der Waals surface area contributed by atoms with Gasteiger partial charge in [-0.05, 0) is 24.6 Å². The minimum absolute atomic E-state index is 0.274. The van der Waals surface area contributed by atoms with Crippen LogP contribution in [0.5, 0.6) is 5.75 Å². The third kappa shape index (κ3) is 4.04. The van der Waals surface area contributed by atoms with Crippen LogP contribution in [0.2, 0.25) is 0 Å². The Balaban J connectivity index is 2.61. The Bertz CT molecular complexity index is 449. The van der Waals surface area contributed by atoms with E-state index in [1.54, 1.807) is 26.2 Å². The Morgan fingerprint density at radius 3 is 2.44 bits per heavy atom. The zero-order valence-electron chi connectivity index (χ0n) is 9.30. The molecule has 0 fully saturated rings. The van der Waals surface area contributed by atoms with Crippen LogP contribution in [0.4, 0.5) is 0 Å². The van der Waals surface area contributed by atoms with Crippen molar-refractivity contribution in [2.24, 2.45) is 0 Å². The van der Waals surface area contributed by atoms with Crippen molar-refractivity contribution < 1.29 is 13.2 Å². The third-order valence-corrected chi connectivity index (χ3v) is 3.13. The molecule has 1 rings (SSSR count).